The van der Waals surface area contributed by atoms with Crippen molar-refractivity contribution in [2.45, 2.75) is 37.9 Å². The van der Waals surface area contributed by atoms with Crippen molar-refractivity contribution >= 4 is 0 Å². The van der Waals surface area contributed by atoms with Crippen molar-refractivity contribution in [3.8, 4) is 0 Å². The molecule has 1 fully saturated rings. The molecule has 1 nitrogen and oxygen atoms in total. The summed E-state index contributed by atoms with van der Waals surface area (Å²) < 4.78 is 38.6. The van der Waals surface area contributed by atoms with E-state index in [9.17, 15) is 13.2 Å². The third kappa shape index (κ3) is 2.37. The van der Waals surface area contributed by atoms with Crippen LogP contribution in [0.1, 0.15) is 36.5 Å². The molecule has 1 saturated carbocycles. The molecule has 0 amide bonds. The van der Waals surface area contributed by atoms with Crippen LogP contribution in [0.15, 0.2) is 30.4 Å². The van der Waals surface area contributed by atoms with Gasteiger partial charge in [0.2, 0.25) is 0 Å². The Balaban J connectivity index is 1.95. The summed E-state index contributed by atoms with van der Waals surface area (Å²) in [5.74, 6) is 0. The van der Waals surface area contributed by atoms with Crippen LogP contribution in [0.5, 0.6) is 0 Å². The number of alkyl halides is 3. The minimum atomic E-state index is -4.25. The zero-order valence-corrected chi connectivity index (χ0v) is 11.6. The molecule has 1 aromatic carbocycles. The Bertz CT molecular complexity index is 555. The van der Waals surface area contributed by atoms with E-state index in [0.29, 0.717) is 0 Å². The number of hydrogen-bond acceptors (Lipinski definition) is 1. The van der Waals surface area contributed by atoms with Gasteiger partial charge >= 0.3 is 6.18 Å². The highest BCUT2D eigenvalue weighted by Crippen LogP contribution is 2.53. The van der Waals surface area contributed by atoms with Crippen LogP contribution in [-0.4, -0.2) is 18.0 Å². The smallest absolute Gasteiger partial charge is 0.294 e. The van der Waals surface area contributed by atoms with Crippen LogP contribution in [0.3, 0.4) is 0 Å². The maximum Gasteiger partial charge on any atom is 0.416 e. The number of rotatable bonds is 2. The van der Waals surface area contributed by atoms with E-state index in [1.54, 1.807) is 6.07 Å². The summed E-state index contributed by atoms with van der Waals surface area (Å²) in [5.41, 5.74) is 2.50. The highest BCUT2D eigenvalue weighted by atomic mass is 19.4. The molecule has 0 aromatic heterocycles. The molecule has 0 unspecified atom stereocenters. The van der Waals surface area contributed by atoms with E-state index in [-0.39, 0.29) is 5.41 Å². The van der Waals surface area contributed by atoms with Gasteiger partial charge in [0.15, 0.2) is 0 Å². The summed E-state index contributed by atoms with van der Waals surface area (Å²) in [7, 11) is 0. The first-order valence-corrected chi connectivity index (χ1v) is 6.87. The molecule has 0 radical (unpaired) electrons. The Morgan fingerprint density at radius 3 is 2.60 bits per heavy atom. The van der Waals surface area contributed by atoms with Gasteiger partial charge in [0, 0.05) is 25.0 Å². The van der Waals surface area contributed by atoms with Gasteiger partial charge in [-0.1, -0.05) is 18.2 Å². The molecule has 3 rings (SSSR count). The number of hydrogen-bond donors (Lipinski definition) is 0. The van der Waals surface area contributed by atoms with Crippen molar-refractivity contribution in [2.75, 3.05) is 13.1 Å². The highest BCUT2D eigenvalue weighted by molar-refractivity contribution is 5.44. The van der Waals surface area contributed by atoms with Crippen LogP contribution >= 0.6 is 0 Å². The van der Waals surface area contributed by atoms with Crippen LogP contribution in [0.4, 0.5) is 13.2 Å². The fourth-order valence-electron chi connectivity index (χ4n) is 3.27. The monoisotopic (exact) mass is 281 g/mol. The Kier molecular flexibility index (Phi) is 2.98. The minimum Gasteiger partial charge on any atom is -0.294 e. The van der Waals surface area contributed by atoms with Crippen LogP contribution in [0.2, 0.25) is 0 Å². The Morgan fingerprint density at radius 2 is 2.05 bits per heavy atom. The first kappa shape index (κ1) is 13.7. The zero-order chi connectivity index (χ0) is 14.5. The topological polar surface area (TPSA) is 3.24 Å². The molecular weight excluding hydrogens is 263 g/mol. The van der Waals surface area contributed by atoms with E-state index in [0.717, 1.165) is 49.2 Å². The molecule has 20 heavy (non-hydrogen) atoms. The largest absolute Gasteiger partial charge is 0.416 e. The summed E-state index contributed by atoms with van der Waals surface area (Å²) in [5, 5.41) is 0. The number of benzene rings is 1. The zero-order valence-electron chi connectivity index (χ0n) is 11.6. The molecule has 1 heterocycles. The van der Waals surface area contributed by atoms with E-state index in [2.05, 4.69) is 11.5 Å². The average molecular weight is 281 g/mol. The number of halogens is 3. The number of nitrogens with zero attached hydrogens (tertiary/aromatic N) is 1. The van der Waals surface area contributed by atoms with Crippen molar-refractivity contribution < 1.29 is 13.2 Å². The van der Waals surface area contributed by atoms with E-state index in [4.69, 9.17) is 0 Å². The normalized spacial score (nSPS) is 20.8. The fraction of sp³-hybridized carbons (Fsp3) is 0.500. The molecule has 4 heteroatoms. The van der Waals surface area contributed by atoms with E-state index >= 15 is 0 Å². The van der Waals surface area contributed by atoms with Crippen molar-refractivity contribution in [1.29, 1.82) is 0 Å². The predicted molar refractivity (Wildman–Crippen MR) is 72.4 cm³/mol. The van der Waals surface area contributed by atoms with Gasteiger partial charge in [0.1, 0.15) is 0 Å². The lowest BCUT2D eigenvalue weighted by Gasteiger charge is -2.35. The van der Waals surface area contributed by atoms with Gasteiger partial charge in [-0.05, 0) is 43.0 Å². The molecule has 1 spiro atoms. The van der Waals surface area contributed by atoms with Gasteiger partial charge in [-0.15, -0.1) is 0 Å². The second-order valence-corrected chi connectivity index (χ2v) is 6.25. The highest BCUT2D eigenvalue weighted by Gasteiger charge is 2.49. The van der Waals surface area contributed by atoms with Crippen molar-refractivity contribution in [3.05, 3.63) is 47.0 Å². The van der Waals surface area contributed by atoms with Gasteiger partial charge in [0.05, 0.1) is 5.56 Å². The summed E-state index contributed by atoms with van der Waals surface area (Å²) in [6.45, 7) is 8.32. The Labute approximate surface area is 117 Å². The van der Waals surface area contributed by atoms with Crippen molar-refractivity contribution in [2.24, 2.45) is 0 Å². The van der Waals surface area contributed by atoms with E-state index in [1.165, 1.54) is 12.1 Å². The van der Waals surface area contributed by atoms with Gasteiger partial charge in [-0.3, -0.25) is 4.90 Å². The van der Waals surface area contributed by atoms with Crippen molar-refractivity contribution in [3.63, 3.8) is 0 Å². The Hall–Kier alpha value is -1.29. The molecule has 0 N–H and O–H groups in total. The van der Waals surface area contributed by atoms with Crippen LogP contribution in [0.25, 0.3) is 0 Å². The summed E-state index contributed by atoms with van der Waals surface area (Å²) >= 11 is 0. The summed E-state index contributed by atoms with van der Waals surface area (Å²) in [4.78, 5) is 2.30. The molecule has 2 aliphatic rings. The van der Waals surface area contributed by atoms with E-state index in [1.807, 2.05) is 6.92 Å². The molecule has 0 bridgehead atoms. The molecule has 1 aliphatic heterocycles. The van der Waals surface area contributed by atoms with Gasteiger partial charge in [-0.25, -0.2) is 0 Å². The first-order valence-electron chi connectivity index (χ1n) is 6.87. The second-order valence-electron chi connectivity index (χ2n) is 6.25. The van der Waals surface area contributed by atoms with Crippen LogP contribution < -0.4 is 0 Å². The van der Waals surface area contributed by atoms with Gasteiger partial charge in [0.25, 0.3) is 0 Å². The predicted octanol–water partition coefficient (Wildman–Crippen LogP) is 4.13. The third-order valence-corrected chi connectivity index (χ3v) is 4.28. The van der Waals surface area contributed by atoms with Crippen molar-refractivity contribution in [1.82, 2.24) is 4.90 Å². The molecule has 1 aliphatic carbocycles. The third-order valence-electron chi connectivity index (χ3n) is 4.28. The maximum absolute atomic E-state index is 12.9. The molecule has 1 aromatic rings. The number of fused-ring (bicyclic) bond motifs is 2. The van der Waals surface area contributed by atoms with Crippen LogP contribution in [-0.2, 0) is 18.1 Å². The standard InChI is InChI=1S/C16H18F3N/c1-11(2)8-20-9-12-3-4-13(16(17,18)19)7-14(12)15(10-20)5-6-15/h3-4,7H,1,5-6,8-10H2,2H3. The fourth-order valence-corrected chi connectivity index (χ4v) is 3.27. The summed E-state index contributed by atoms with van der Waals surface area (Å²) in [6, 6.07) is 4.24. The molecule has 108 valence electrons. The maximum atomic E-state index is 12.9. The molecule has 0 saturated heterocycles. The van der Waals surface area contributed by atoms with Gasteiger partial charge < -0.3 is 0 Å². The van der Waals surface area contributed by atoms with Gasteiger partial charge in [-0.2, -0.15) is 13.2 Å². The second kappa shape index (κ2) is 4.35. The lowest BCUT2D eigenvalue weighted by atomic mass is 9.85. The molecular formula is C16H18F3N. The van der Waals surface area contributed by atoms with Crippen LogP contribution in [0, 0.1) is 0 Å². The lowest BCUT2D eigenvalue weighted by Crippen LogP contribution is -2.38. The molecule has 0 atom stereocenters. The summed E-state index contributed by atoms with van der Waals surface area (Å²) in [6.07, 6.45) is -2.26. The lowest BCUT2D eigenvalue weighted by molar-refractivity contribution is -0.137. The Morgan fingerprint density at radius 1 is 1.35 bits per heavy atom. The van der Waals surface area contributed by atoms with E-state index < -0.39 is 11.7 Å². The SMILES string of the molecule is C=C(C)CN1Cc2ccc(C(F)(F)F)cc2C2(CC2)C1. The quantitative estimate of drug-likeness (QED) is 0.737. The average Bonchev–Trinajstić information content (AvgIpc) is 3.07. The first-order chi connectivity index (χ1) is 9.30. The minimum absolute atomic E-state index is 0.0374.